The monoisotopic (exact) mass is 360 g/mol. The standard InChI is InChI=1S/C18H14F2N2O2S/c1-12-3-2-4-18(21-12)22-25(23,24)15-8-5-13(6-9-15)16-10-7-14(19)11-17(16)20/h2-11H,1H3,(H,21,22). The summed E-state index contributed by atoms with van der Waals surface area (Å²) >= 11 is 0. The lowest BCUT2D eigenvalue weighted by molar-refractivity contribution is 0.585. The summed E-state index contributed by atoms with van der Waals surface area (Å²) in [5, 5.41) is 0. The Kier molecular flexibility index (Phi) is 4.50. The minimum absolute atomic E-state index is 0.0158. The minimum atomic E-state index is -3.81. The number of anilines is 1. The van der Waals surface area contributed by atoms with Gasteiger partial charge in [0.1, 0.15) is 17.5 Å². The van der Waals surface area contributed by atoms with Crippen molar-refractivity contribution in [1.29, 1.82) is 0 Å². The summed E-state index contributed by atoms with van der Waals surface area (Å²) in [5.41, 5.74) is 1.33. The molecule has 0 atom stereocenters. The molecule has 0 fully saturated rings. The van der Waals surface area contributed by atoms with E-state index in [-0.39, 0.29) is 16.3 Å². The van der Waals surface area contributed by atoms with Gasteiger partial charge in [0, 0.05) is 17.3 Å². The molecule has 0 unspecified atom stereocenters. The summed E-state index contributed by atoms with van der Waals surface area (Å²) in [7, 11) is -3.81. The third kappa shape index (κ3) is 3.83. The molecule has 0 spiro atoms. The summed E-state index contributed by atoms with van der Waals surface area (Å²) in [5.74, 6) is -1.17. The minimum Gasteiger partial charge on any atom is -0.263 e. The van der Waals surface area contributed by atoms with Gasteiger partial charge in [0.25, 0.3) is 10.0 Å². The van der Waals surface area contributed by atoms with Crippen molar-refractivity contribution in [3.63, 3.8) is 0 Å². The third-order valence-corrected chi connectivity index (χ3v) is 4.90. The quantitative estimate of drug-likeness (QED) is 0.761. The van der Waals surface area contributed by atoms with E-state index in [1.165, 1.54) is 30.3 Å². The first kappa shape index (κ1) is 17.0. The van der Waals surface area contributed by atoms with Gasteiger partial charge in [0.15, 0.2) is 0 Å². The van der Waals surface area contributed by atoms with Gasteiger partial charge in [0.2, 0.25) is 0 Å². The maximum atomic E-state index is 13.8. The molecule has 0 saturated carbocycles. The topological polar surface area (TPSA) is 59.1 Å². The van der Waals surface area contributed by atoms with Crippen LogP contribution in [0.25, 0.3) is 11.1 Å². The Morgan fingerprint density at radius 1 is 0.960 bits per heavy atom. The smallest absolute Gasteiger partial charge is 0.263 e. The summed E-state index contributed by atoms with van der Waals surface area (Å²) < 4.78 is 54.0. The van der Waals surface area contributed by atoms with Gasteiger partial charge in [0.05, 0.1) is 4.90 Å². The van der Waals surface area contributed by atoms with Crippen molar-refractivity contribution in [2.45, 2.75) is 11.8 Å². The fourth-order valence-corrected chi connectivity index (χ4v) is 3.33. The third-order valence-electron chi connectivity index (χ3n) is 3.53. The Hall–Kier alpha value is -2.80. The van der Waals surface area contributed by atoms with Crippen molar-refractivity contribution in [2.24, 2.45) is 0 Å². The highest BCUT2D eigenvalue weighted by molar-refractivity contribution is 7.92. The van der Waals surface area contributed by atoms with Crippen LogP contribution in [0.2, 0.25) is 0 Å². The number of pyridine rings is 1. The molecule has 3 rings (SSSR count). The van der Waals surface area contributed by atoms with Crippen molar-refractivity contribution < 1.29 is 17.2 Å². The molecule has 0 radical (unpaired) electrons. The number of aryl methyl sites for hydroxylation is 1. The maximum absolute atomic E-state index is 13.8. The summed E-state index contributed by atoms with van der Waals surface area (Å²) in [6, 6.07) is 13.9. The SMILES string of the molecule is Cc1cccc(NS(=O)(=O)c2ccc(-c3ccc(F)cc3F)cc2)n1. The second-order valence-corrected chi connectivity index (χ2v) is 7.10. The highest BCUT2D eigenvalue weighted by Crippen LogP contribution is 2.25. The van der Waals surface area contributed by atoms with Crippen molar-refractivity contribution in [3.05, 3.63) is 78.0 Å². The molecule has 0 aliphatic carbocycles. The van der Waals surface area contributed by atoms with Crippen LogP contribution in [0.5, 0.6) is 0 Å². The number of nitrogens with zero attached hydrogens (tertiary/aromatic N) is 1. The molecule has 0 bridgehead atoms. The zero-order valence-corrected chi connectivity index (χ0v) is 14.0. The highest BCUT2D eigenvalue weighted by Gasteiger charge is 2.15. The van der Waals surface area contributed by atoms with Crippen LogP contribution in [-0.2, 0) is 10.0 Å². The molecule has 128 valence electrons. The van der Waals surface area contributed by atoms with E-state index < -0.39 is 21.7 Å². The molecule has 4 nitrogen and oxygen atoms in total. The lowest BCUT2D eigenvalue weighted by atomic mass is 10.1. The molecule has 1 heterocycles. The number of nitrogens with one attached hydrogen (secondary N) is 1. The molecule has 0 aliphatic heterocycles. The van der Waals surface area contributed by atoms with Crippen LogP contribution in [0, 0.1) is 18.6 Å². The number of sulfonamides is 1. The summed E-state index contributed by atoms with van der Waals surface area (Å²) in [6.07, 6.45) is 0. The van der Waals surface area contributed by atoms with Crippen LogP contribution in [0.1, 0.15) is 5.69 Å². The van der Waals surface area contributed by atoms with Gasteiger partial charge in [-0.25, -0.2) is 22.2 Å². The van der Waals surface area contributed by atoms with E-state index in [0.717, 1.165) is 12.1 Å². The van der Waals surface area contributed by atoms with E-state index in [4.69, 9.17) is 0 Å². The number of halogens is 2. The van der Waals surface area contributed by atoms with Gasteiger partial charge in [-0.1, -0.05) is 18.2 Å². The molecular formula is C18H14F2N2O2S. The number of hydrogen-bond donors (Lipinski definition) is 1. The molecule has 0 aliphatic rings. The Morgan fingerprint density at radius 2 is 1.68 bits per heavy atom. The van der Waals surface area contributed by atoms with Gasteiger partial charge >= 0.3 is 0 Å². The largest absolute Gasteiger partial charge is 0.263 e. The van der Waals surface area contributed by atoms with Gasteiger partial charge in [-0.3, -0.25) is 4.72 Å². The molecule has 1 N–H and O–H groups in total. The van der Waals surface area contributed by atoms with Crippen LogP contribution < -0.4 is 4.72 Å². The van der Waals surface area contributed by atoms with Crippen LogP contribution in [0.3, 0.4) is 0 Å². The van der Waals surface area contributed by atoms with Crippen LogP contribution in [-0.4, -0.2) is 13.4 Å². The number of aromatic nitrogens is 1. The van der Waals surface area contributed by atoms with Crippen LogP contribution >= 0.6 is 0 Å². The predicted molar refractivity (Wildman–Crippen MR) is 91.6 cm³/mol. The predicted octanol–water partition coefficient (Wildman–Crippen LogP) is 4.14. The number of hydrogen-bond acceptors (Lipinski definition) is 3. The molecule has 0 amide bonds. The first-order valence-electron chi connectivity index (χ1n) is 7.37. The van der Waals surface area contributed by atoms with E-state index in [1.54, 1.807) is 25.1 Å². The zero-order valence-electron chi connectivity index (χ0n) is 13.2. The van der Waals surface area contributed by atoms with E-state index >= 15 is 0 Å². The zero-order chi connectivity index (χ0) is 18.0. The van der Waals surface area contributed by atoms with Gasteiger partial charge in [-0.05, 0) is 48.9 Å². The fraction of sp³-hybridized carbons (Fsp3) is 0.0556. The molecule has 0 saturated heterocycles. The number of rotatable bonds is 4. The Bertz CT molecular complexity index is 1020. The van der Waals surface area contributed by atoms with E-state index in [2.05, 4.69) is 9.71 Å². The van der Waals surface area contributed by atoms with Crippen LogP contribution in [0.15, 0.2) is 65.6 Å². The lowest BCUT2D eigenvalue weighted by Gasteiger charge is -2.09. The van der Waals surface area contributed by atoms with E-state index in [1.807, 2.05) is 0 Å². The van der Waals surface area contributed by atoms with Crippen molar-refractivity contribution in [3.8, 4) is 11.1 Å². The summed E-state index contributed by atoms with van der Waals surface area (Å²) in [6.45, 7) is 1.75. The fourth-order valence-electron chi connectivity index (χ4n) is 2.33. The van der Waals surface area contributed by atoms with Crippen molar-refractivity contribution in [1.82, 2.24) is 4.98 Å². The van der Waals surface area contributed by atoms with Gasteiger partial charge in [-0.2, -0.15) is 0 Å². The molecule has 7 heteroatoms. The number of benzene rings is 2. The first-order chi connectivity index (χ1) is 11.8. The average molecular weight is 360 g/mol. The Labute approximate surface area is 144 Å². The first-order valence-corrected chi connectivity index (χ1v) is 8.85. The second kappa shape index (κ2) is 6.60. The normalized spacial score (nSPS) is 11.3. The average Bonchev–Trinajstić information content (AvgIpc) is 2.54. The lowest BCUT2D eigenvalue weighted by Crippen LogP contribution is -2.14. The Balaban J connectivity index is 1.88. The highest BCUT2D eigenvalue weighted by atomic mass is 32.2. The maximum Gasteiger partial charge on any atom is 0.263 e. The molecule has 2 aromatic carbocycles. The summed E-state index contributed by atoms with van der Waals surface area (Å²) in [4.78, 5) is 4.11. The second-order valence-electron chi connectivity index (χ2n) is 5.42. The van der Waals surface area contributed by atoms with Gasteiger partial charge < -0.3 is 0 Å². The molecule has 1 aromatic heterocycles. The van der Waals surface area contributed by atoms with Crippen molar-refractivity contribution in [2.75, 3.05) is 4.72 Å². The van der Waals surface area contributed by atoms with E-state index in [9.17, 15) is 17.2 Å². The van der Waals surface area contributed by atoms with Crippen molar-refractivity contribution >= 4 is 15.8 Å². The molecule has 25 heavy (non-hydrogen) atoms. The van der Waals surface area contributed by atoms with Crippen LogP contribution in [0.4, 0.5) is 14.6 Å². The van der Waals surface area contributed by atoms with E-state index in [0.29, 0.717) is 11.3 Å². The molecular weight excluding hydrogens is 346 g/mol. The molecule has 3 aromatic rings. The Morgan fingerprint density at radius 3 is 2.32 bits per heavy atom. The van der Waals surface area contributed by atoms with Gasteiger partial charge in [-0.15, -0.1) is 0 Å².